The minimum atomic E-state index is 0. The first-order chi connectivity index (χ1) is 6.45. The second-order valence-electron chi connectivity index (χ2n) is 3.09. The average molecular weight is 195 g/mol. The summed E-state index contributed by atoms with van der Waals surface area (Å²) >= 11 is 1.86. The van der Waals surface area contributed by atoms with Crippen LogP contribution in [0.2, 0.25) is 0 Å². The molecule has 0 saturated heterocycles. The van der Waals surface area contributed by atoms with Gasteiger partial charge in [0.2, 0.25) is 0 Å². The van der Waals surface area contributed by atoms with Crippen molar-refractivity contribution in [2.45, 2.75) is 0 Å². The van der Waals surface area contributed by atoms with E-state index >= 15 is 0 Å². The Bertz CT molecular complexity index is 518. The Labute approximate surface area is 88.8 Å². The zero-order valence-electron chi connectivity index (χ0n) is 7.60. The highest BCUT2D eigenvalue weighted by molar-refractivity contribution is 7.25. The number of hydrogen-bond acceptors (Lipinski definition) is 1. The molecule has 65 valence electrons. The van der Waals surface area contributed by atoms with Crippen molar-refractivity contribution in [3.63, 3.8) is 0 Å². The molecule has 2 heteroatoms. The molecule has 0 spiro atoms. The minimum absolute atomic E-state index is 0. The number of rotatable bonds is 0. The highest BCUT2D eigenvalue weighted by Crippen LogP contribution is 2.32. The van der Waals surface area contributed by atoms with Crippen LogP contribution in [-0.2, 0) is 0 Å². The molecule has 14 heavy (non-hydrogen) atoms. The van der Waals surface area contributed by atoms with Gasteiger partial charge in [-0.05, 0) is 12.1 Å². The second kappa shape index (κ2) is 3.47. The zero-order chi connectivity index (χ0) is 8.67. The highest BCUT2D eigenvalue weighted by Gasteiger charge is 2.01. The molecule has 1 heterocycles. The van der Waals surface area contributed by atoms with Crippen molar-refractivity contribution in [2.75, 3.05) is 0 Å². The third-order valence-corrected chi connectivity index (χ3v) is 3.44. The summed E-state index contributed by atoms with van der Waals surface area (Å²) in [6.07, 6.45) is 0. The molecule has 0 bridgehead atoms. The van der Waals surface area contributed by atoms with E-state index in [9.17, 15) is 0 Å². The van der Waals surface area contributed by atoms with Gasteiger partial charge < -0.3 is 0 Å². The Morgan fingerprint density at radius 1 is 0.643 bits per heavy atom. The second-order valence-corrected chi connectivity index (χ2v) is 4.18. The van der Waals surface area contributed by atoms with E-state index in [1.54, 1.807) is 0 Å². The standard InChI is InChI=1S/C12H8S.B/c1-3-7-11-9(5-1)10-6-2-4-8-12(10)13-11;/h1-8H;. The monoisotopic (exact) mass is 195 g/mol. The van der Waals surface area contributed by atoms with Gasteiger partial charge in [0.1, 0.15) is 0 Å². The lowest BCUT2D eigenvalue weighted by Gasteiger charge is -1.88. The van der Waals surface area contributed by atoms with Gasteiger partial charge in [0, 0.05) is 28.6 Å². The maximum atomic E-state index is 2.19. The molecule has 0 unspecified atom stereocenters. The quantitative estimate of drug-likeness (QED) is 0.480. The van der Waals surface area contributed by atoms with Crippen LogP contribution < -0.4 is 0 Å². The van der Waals surface area contributed by atoms with Gasteiger partial charge in [0.15, 0.2) is 0 Å². The minimum Gasteiger partial charge on any atom is -0.135 e. The number of fused-ring (bicyclic) bond motifs is 3. The van der Waals surface area contributed by atoms with Crippen molar-refractivity contribution in [1.29, 1.82) is 0 Å². The summed E-state index contributed by atoms with van der Waals surface area (Å²) < 4.78 is 2.76. The number of hydrogen-bond donors (Lipinski definition) is 0. The van der Waals surface area contributed by atoms with Crippen molar-refractivity contribution >= 4 is 39.9 Å². The summed E-state index contributed by atoms with van der Waals surface area (Å²) in [6, 6.07) is 17.1. The SMILES string of the molecule is [B].c1ccc2c(c1)sc1ccccc12. The molecule has 3 rings (SSSR count). The van der Waals surface area contributed by atoms with E-state index in [2.05, 4.69) is 48.5 Å². The smallest absolute Gasteiger partial charge is 0.0355 e. The van der Waals surface area contributed by atoms with Crippen LogP contribution in [0.25, 0.3) is 20.2 Å². The number of thiophene rings is 1. The first kappa shape index (κ1) is 9.29. The zero-order valence-corrected chi connectivity index (χ0v) is 8.42. The largest absolute Gasteiger partial charge is 0.135 e. The molecule has 3 aromatic rings. The molecule has 2 aromatic carbocycles. The Hall–Kier alpha value is -1.28. The Morgan fingerprint density at radius 3 is 1.57 bits per heavy atom. The van der Waals surface area contributed by atoms with Crippen molar-refractivity contribution in [3.8, 4) is 0 Å². The summed E-state index contributed by atoms with van der Waals surface area (Å²) in [5, 5.41) is 2.76. The Kier molecular flexibility index (Phi) is 2.30. The fraction of sp³-hybridized carbons (Fsp3) is 0. The lowest BCUT2D eigenvalue weighted by atomic mass is 10.2. The van der Waals surface area contributed by atoms with Crippen LogP contribution in [0.1, 0.15) is 0 Å². The van der Waals surface area contributed by atoms with Gasteiger partial charge in [-0.15, -0.1) is 11.3 Å². The van der Waals surface area contributed by atoms with Gasteiger partial charge >= 0.3 is 0 Å². The van der Waals surface area contributed by atoms with Gasteiger partial charge in [-0.25, -0.2) is 0 Å². The van der Waals surface area contributed by atoms with Gasteiger partial charge in [-0.3, -0.25) is 0 Å². The topological polar surface area (TPSA) is 0 Å². The van der Waals surface area contributed by atoms with Crippen molar-refractivity contribution in [2.24, 2.45) is 0 Å². The molecule has 0 aliphatic carbocycles. The Balaban J connectivity index is 0.000000750. The van der Waals surface area contributed by atoms with Gasteiger partial charge in [0.05, 0.1) is 0 Å². The molecule has 0 fully saturated rings. The van der Waals surface area contributed by atoms with E-state index in [0.717, 1.165) is 0 Å². The summed E-state index contributed by atoms with van der Waals surface area (Å²) in [5.74, 6) is 0. The van der Waals surface area contributed by atoms with E-state index in [4.69, 9.17) is 0 Å². The molecule has 1 aromatic heterocycles. The van der Waals surface area contributed by atoms with Crippen LogP contribution in [0.3, 0.4) is 0 Å². The maximum absolute atomic E-state index is 2.19. The van der Waals surface area contributed by atoms with Crippen LogP contribution in [0.15, 0.2) is 48.5 Å². The van der Waals surface area contributed by atoms with Crippen molar-refractivity contribution in [3.05, 3.63) is 48.5 Å². The van der Waals surface area contributed by atoms with Crippen LogP contribution in [0.4, 0.5) is 0 Å². The highest BCUT2D eigenvalue weighted by atomic mass is 32.1. The summed E-state index contributed by atoms with van der Waals surface area (Å²) in [6.45, 7) is 0. The molecule has 0 amide bonds. The summed E-state index contributed by atoms with van der Waals surface area (Å²) in [4.78, 5) is 0. The van der Waals surface area contributed by atoms with Crippen LogP contribution in [0.5, 0.6) is 0 Å². The average Bonchev–Trinajstić information content (AvgIpc) is 2.56. The molecule has 0 aliphatic heterocycles. The van der Waals surface area contributed by atoms with Crippen LogP contribution in [-0.4, -0.2) is 8.41 Å². The predicted octanol–water partition coefficient (Wildman–Crippen LogP) is 3.67. The molecular formula is C12H8BS. The third kappa shape index (κ3) is 1.23. The third-order valence-electron chi connectivity index (χ3n) is 2.28. The molecule has 0 nitrogen and oxygen atoms in total. The molecule has 0 atom stereocenters. The molecular weight excluding hydrogens is 187 g/mol. The van der Waals surface area contributed by atoms with Gasteiger partial charge in [-0.1, -0.05) is 36.4 Å². The lowest BCUT2D eigenvalue weighted by Crippen LogP contribution is -1.62. The van der Waals surface area contributed by atoms with Crippen molar-refractivity contribution in [1.82, 2.24) is 0 Å². The van der Waals surface area contributed by atoms with Crippen LogP contribution in [0, 0.1) is 0 Å². The predicted molar refractivity (Wildman–Crippen MR) is 65.1 cm³/mol. The van der Waals surface area contributed by atoms with E-state index in [0.29, 0.717) is 0 Å². The van der Waals surface area contributed by atoms with Crippen LogP contribution >= 0.6 is 11.3 Å². The lowest BCUT2D eigenvalue weighted by molar-refractivity contribution is 1.84. The van der Waals surface area contributed by atoms with Gasteiger partial charge in [-0.2, -0.15) is 0 Å². The van der Waals surface area contributed by atoms with E-state index < -0.39 is 0 Å². The number of benzene rings is 2. The van der Waals surface area contributed by atoms with E-state index in [1.807, 2.05) is 11.3 Å². The van der Waals surface area contributed by atoms with Crippen molar-refractivity contribution < 1.29 is 0 Å². The Morgan fingerprint density at radius 2 is 1.07 bits per heavy atom. The normalized spacial score (nSPS) is 10.3. The molecule has 0 aliphatic rings. The maximum Gasteiger partial charge on any atom is 0.0355 e. The molecule has 3 radical (unpaired) electrons. The molecule has 0 saturated carbocycles. The molecule has 0 N–H and O–H groups in total. The first-order valence-electron chi connectivity index (χ1n) is 4.31. The first-order valence-corrected chi connectivity index (χ1v) is 5.13. The fourth-order valence-corrected chi connectivity index (χ4v) is 2.78. The summed E-state index contributed by atoms with van der Waals surface area (Å²) in [5.41, 5.74) is 0. The van der Waals surface area contributed by atoms with E-state index in [1.165, 1.54) is 20.2 Å². The van der Waals surface area contributed by atoms with Gasteiger partial charge in [0.25, 0.3) is 0 Å². The summed E-state index contributed by atoms with van der Waals surface area (Å²) in [7, 11) is 0. The fourth-order valence-electron chi connectivity index (χ4n) is 1.67. The van der Waals surface area contributed by atoms with E-state index in [-0.39, 0.29) is 8.41 Å².